The van der Waals surface area contributed by atoms with Crippen LogP contribution in [0.5, 0.6) is 0 Å². The lowest BCUT2D eigenvalue weighted by molar-refractivity contribution is 0.0532. The number of benzene rings is 1. The Hall–Kier alpha value is -3.33. The van der Waals surface area contributed by atoms with Crippen LogP contribution in [-0.4, -0.2) is 62.6 Å². The second kappa shape index (κ2) is 8.66. The van der Waals surface area contributed by atoms with Gasteiger partial charge in [-0.05, 0) is 50.2 Å². The maximum atomic E-state index is 13.5. The number of amides is 2. The Bertz CT molecular complexity index is 1210. The summed E-state index contributed by atoms with van der Waals surface area (Å²) in [4.78, 5) is 33.2. The Balaban J connectivity index is 1.47. The molecule has 2 amide bonds. The molecular formula is C22H20ClF2N5O2. The Morgan fingerprint density at radius 3 is 2.16 bits per heavy atom. The number of halogens is 3. The van der Waals surface area contributed by atoms with Crippen molar-refractivity contribution in [2.24, 2.45) is 0 Å². The lowest BCUT2D eigenvalue weighted by atomic mass is 10.1. The van der Waals surface area contributed by atoms with Gasteiger partial charge in [-0.3, -0.25) is 9.59 Å². The first-order valence-electron chi connectivity index (χ1n) is 9.98. The lowest BCUT2D eigenvalue weighted by Crippen LogP contribution is -2.50. The van der Waals surface area contributed by atoms with Gasteiger partial charge in [0.05, 0.1) is 10.7 Å². The van der Waals surface area contributed by atoms with Crippen molar-refractivity contribution < 1.29 is 18.4 Å². The molecule has 7 nitrogen and oxygen atoms in total. The number of piperazine rings is 1. The first-order chi connectivity index (χ1) is 15.2. The zero-order valence-corrected chi connectivity index (χ0v) is 18.2. The summed E-state index contributed by atoms with van der Waals surface area (Å²) in [5.41, 5.74) is 1.87. The van der Waals surface area contributed by atoms with Gasteiger partial charge in [0.2, 0.25) is 0 Å². The zero-order chi connectivity index (χ0) is 23.0. The molecule has 32 heavy (non-hydrogen) atoms. The van der Waals surface area contributed by atoms with Crippen LogP contribution >= 0.6 is 11.6 Å². The number of aryl methyl sites for hydroxylation is 2. The minimum absolute atomic E-state index is 0.0611. The fourth-order valence-electron chi connectivity index (χ4n) is 3.63. The van der Waals surface area contributed by atoms with Gasteiger partial charge in [0.25, 0.3) is 11.8 Å². The second-order valence-electron chi connectivity index (χ2n) is 7.55. The van der Waals surface area contributed by atoms with Gasteiger partial charge in [0.15, 0.2) is 17.5 Å². The van der Waals surface area contributed by atoms with Gasteiger partial charge in [-0.15, -0.1) is 0 Å². The van der Waals surface area contributed by atoms with E-state index in [-0.39, 0.29) is 48.4 Å². The number of carbonyl (C=O) groups excluding carboxylic acids is 2. The van der Waals surface area contributed by atoms with Crippen molar-refractivity contribution in [3.63, 3.8) is 0 Å². The van der Waals surface area contributed by atoms with Gasteiger partial charge < -0.3 is 9.80 Å². The molecule has 1 aromatic carbocycles. The lowest BCUT2D eigenvalue weighted by Gasteiger charge is -2.34. The summed E-state index contributed by atoms with van der Waals surface area (Å²) >= 11 is 6.26. The van der Waals surface area contributed by atoms with Crippen molar-refractivity contribution in [3.05, 3.63) is 75.7 Å². The molecule has 0 aliphatic carbocycles. The third kappa shape index (κ3) is 4.20. The standard InChI is InChI=1S/C22H20ClF2N5O2/c1-13-11-14(2)30(27-13)19-6-4-16(23)20(26-19)22(32)29-9-7-28(8-10-29)21(31)15-3-5-17(24)18(25)12-15/h3-6,11-12H,7-10H2,1-2H3. The van der Waals surface area contributed by atoms with E-state index in [9.17, 15) is 18.4 Å². The molecule has 1 fully saturated rings. The molecule has 2 aromatic heterocycles. The highest BCUT2D eigenvalue weighted by molar-refractivity contribution is 6.33. The number of hydrogen-bond donors (Lipinski definition) is 0. The van der Waals surface area contributed by atoms with Crippen LogP contribution in [0.1, 0.15) is 32.2 Å². The molecule has 4 rings (SSSR count). The van der Waals surface area contributed by atoms with Crippen LogP contribution in [0.15, 0.2) is 36.4 Å². The summed E-state index contributed by atoms with van der Waals surface area (Å²) in [7, 11) is 0. The van der Waals surface area contributed by atoms with E-state index in [4.69, 9.17) is 11.6 Å². The fraction of sp³-hybridized carbons (Fsp3) is 0.273. The molecule has 0 unspecified atom stereocenters. The van der Waals surface area contributed by atoms with Crippen LogP contribution in [-0.2, 0) is 0 Å². The number of pyridine rings is 1. The third-order valence-electron chi connectivity index (χ3n) is 5.28. The second-order valence-corrected chi connectivity index (χ2v) is 7.96. The molecule has 0 atom stereocenters. The number of aromatic nitrogens is 3. The van der Waals surface area contributed by atoms with E-state index < -0.39 is 17.5 Å². The number of carbonyl (C=O) groups is 2. The molecule has 0 saturated carbocycles. The van der Waals surface area contributed by atoms with Gasteiger partial charge in [-0.25, -0.2) is 18.4 Å². The van der Waals surface area contributed by atoms with Gasteiger partial charge in [0.1, 0.15) is 5.69 Å². The van der Waals surface area contributed by atoms with Crippen molar-refractivity contribution in [1.29, 1.82) is 0 Å². The molecular weight excluding hydrogens is 440 g/mol. The highest BCUT2D eigenvalue weighted by Crippen LogP contribution is 2.21. The van der Waals surface area contributed by atoms with Crippen LogP contribution < -0.4 is 0 Å². The van der Waals surface area contributed by atoms with Crippen molar-refractivity contribution in [2.75, 3.05) is 26.2 Å². The SMILES string of the molecule is Cc1cc(C)n(-c2ccc(Cl)c(C(=O)N3CCN(C(=O)c4ccc(F)c(F)c4)CC3)n2)n1. The van der Waals surface area contributed by atoms with E-state index >= 15 is 0 Å². The molecule has 0 bridgehead atoms. The summed E-state index contributed by atoms with van der Waals surface area (Å²) in [6.07, 6.45) is 0. The Kier molecular flexibility index (Phi) is 5.92. The van der Waals surface area contributed by atoms with Crippen molar-refractivity contribution >= 4 is 23.4 Å². The average Bonchev–Trinajstić information content (AvgIpc) is 3.13. The predicted molar refractivity (Wildman–Crippen MR) is 114 cm³/mol. The van der Waals surface area contributed by atoms with E-state index in [0.29, 0.717) is 5.82 Å². The maximum Gasteiger partial charge on any atom is 0.274 e. The van der Waals surface area contributed by atoms with Crippen LogP contribution in [0.3, 0.4) is 0 Å². The summed E-state index contributed by atoms with van der Waals surface area (Å²) in [6.45, 7) is 4.77. The quantitative estimate of drug-likeness (QED) is 0.601. The summed E-state index contributed by atoms with van der Waals surface area (Å²) in [5.74, 6) is -2.37. The maximum absolute atomic E-state index is 13.5. The predicted octanol–water partition coefficient (Wildman–Crippen LogP) is 3.41. The van der Waals surface area contributed by atoms with Gasteiger partial charge in [-0.1, -0.05) is 11.6 Å². The minimum Gasteiger partial charge on any atom is -0.335 e. The Labute approximate surface area is 188 Å². The Morgan fingerprint density at radius 2 is 1.56 bits per heavy atom. The first-order valence-corrected chi connectivity index (χ1v) is 10.4. The summed E-state index contributed by atoms with van der Waals surface area (Å²) in [5, 5.41) is 4.61. The molecule has 3 aromatic rings. The molecule has 1 aliphatic heterocycles. The largest absolute Gasteiger partial charge is 0.335 e. The highest BCUT2D eigenvalue weighted by Gasteiger charge is 2.28. The topological polar surface area (TPSA) is 71.3 Å². The monoisotopic (exact) mass is 459 g/mol. The molecule has 166 valence electrons. The van der Waals surface area contributed by atoms with Crippen LogP contribution in [0.25, 0.3) is 5.82 Å². The van der Waals surface area contributed by atoms with Crippen LogP contribution in [0.4, 0.5) is 8.78 Å². The van der Waals surface area contributed by atoms with Crippen molar-refractivity contribution in [3.8, 4) is 5.82 Å². The molecule has 0 spiro atoms. The van der Waals surface area contributed by atoms with Crippen molar-refractivity contribution in [1.82, 2.24) is 24.6 Å². The first kappa shape index (κ1) is 21.9. The Morgan fingerprint density at radius 1 is 0.906 bits per heavy atom. The number of nitrogens with zero attached hydrogens (tertiary/aromatic N) is 5. The summed E-state index contributed by atoms with van der Waals surface area (Å²) < 4.78 is 28.2. The van der Waals surface area contributed by atoms with E-state index in [0.717, 1.165) is 23.5 Å². The smallest absolute Gasteiger partial charge is 0.274 e. The molecule has 10 heteroatoms. The van der Waals surface area contributed by atoms with Crippen molar-refractivity contribution in [2.45, 2.75) is 13.8 Å². The van der Waals surface area contributed by atoms with E-state index in [1.807, 2.05) is 19.9 Å². The summed E-state index contributed by atoms with van der Waals surface area (Å²) in [6, 6.07) is 8.25. The van der Waals surface area contributed by atoms with Gasteiger partial charge in [0, 0.05) is 37.4 Å². The number of hydrogen-bond acceptors (Lipinski definition) is 4. The molecule has 0 N–H and O–H groups in total. The van der Waals surface area contributed by atoms with Crippen LogP contribution in [0, 0.1) is 25.5 Å². The van der Waals surface area contributed by atoms with E-state index in [1.54, 1.807) is 21.7 Å². The third-order valence-corrected chi connectivity index (χ3v) is 5.59. The normalized spacial score (nSPS) is 14.0. The fourth-order valence-corrected chi connectivity index (χ4v) is 3.82. The van der Waals surface area contributed by atoms with Crippen LogP contribution in [0.2, 0.25) is 5.02 Å². The highest BCUT2D eigenvalue weighted by atomic mass is 35.5. The average molecular weight is 460 g/mol. The molecule has 3 heterocycles. The number of rotatable bonds is 3. The molecule has 1 aliphatic rings. The van der Waals surface area contributed by atoms with Gasteiger partial charge in [-0.2, -0.15) is 5.10 Å². The van der Waals surface area contributed by atoms with Gasteiger partial charge >= 0.3 is 0 Å². The minimum atomic E-state index is -1.08. The van der Waals surface area contributed by atoms with E-state index in [1.165, 1.54) is 11.0 Å². The molecule has 1 saturated heterocycles. The zero-order valence-electron chi connectivity index (χ0n) is 17.5. The van der Waals surface area contributed by atoms with E-state index in [2.05, 4.69) is 10.1 Å². The molecule has 0 radical (unpaired) electrons.